The maximum atomic E-state index is 12.3. The fourth-order valence-corrected chi connectivity index (χ4v) is 2.35. The Kier molecular flexibility index (Phi) is 3.02. The number of carbonyl (C=O) groups is 1. The third kappa shape index (κ3) is 2.07. The summed E-state index contributed by atoms with van der Waals surface area (Å²) in [6, 6.07) is 7.88. The minimum atomic E-state index is -0.0794. The molecule has 1 aromatic carbocycles. The summed E-state index contributed by atoms with van der Waals surface area (Å²) in [4.78, 5) is 19.5. The summed E-state index contributed by atoms with van der Waals surface area (Å²) < 4.78 is 1.96. The van der Waals surface area contributed by atoms with Gasteiger partial charge in [0.15, 0.2) is 0 Å². The van der Waals surface area contributed by atoms with Crippen LogP contribution in [0.5, 0.6) is 0 Å². The average Bonchev–Trinajstić information content (AvgIpc) is 3.01. The number of carbonyl (C=O) groups excluding carboxylic acids is 1. The zero-order chi connectivity index (χ0) is 14.1. The lowest BCUT2D eigenvalue weighted by molar-refractivity contribution is 0.0952. The summed E-state index contributed by atoms with van der Waals surface area (Å²) in [5.41, 5.74) is 3.58. The highest BCUT2D eigenvalue weighted by atomic mass is 16.1. The first-order chi connectivity index (χ1) is 9.66. The van der Waals surface area contributed by atoms with Crippen molar-refractivity contribution in [2.24, 2.45) is 7.05 Å². The topological polar surface area (TPSA) is 62.7 Å². The Bertz CT molecular complexity index is 769. The molecule has 0 aliphatic carbocycles. The second kappa shape index (κ2) is 4.85. The van der Waals surface area contributed by atoms with Crippen LogP contribution in [-0.4, -0.2) is 20.4 Å². The van der Waals surface area contributed by atoms with Crippen LogP contribution < -0.4 is 5.32 Å². The van der Waals surface area contributed by atoms with Crippen LogP contribution in [0.2, 0.25) is 0 Å². The smallest absolute Gasteiger partial charge is 0.253 e. The van der Waals surface area contributed by atoms with E-state index in [9.17, 15) is 4.79 Å². The number of para-hydroxylation sites is 1. The van der Waals surface area contributed by atoms with Gasteiger partial charge >= 0.3 is 0 Å². The van der Waals surface area contributed by atoms with E-state index in [1.165, 1.54) is 0 Å². The highest BCUT2D eigenvalue weighted by Gasteiger charge is 2.13. The largest absolute Gasteiger partial charge is 0.350 e. The molecule has 5 nitrogen and oxygen atoms in total. The molecule has 1 amide bonds. The van der Waals surface area contributed by atoms with Crippen molar-refractivity contribution in [2.75, 3.05) is 0 Å². The molecule has 5 heteroatoms. The van der Waals surface area contributed by atoms with E-state index in [0.717, 1.165) is 22.3 Å². The van der Waals surface area contributed by atoms with Gasteiger partial charge < -0.3 is 14.9 Å². The van der Waals surface area contributed by atoms with Crippen molar-refractivity contribution in [1.82, 2.24) is 19.9 Å². The van der Waals surface area contributed by atoms with Gasteiger partial charge in [0.2, 0.25) is 0 Å². The molecule has 3 aromatic rings. The van der Waals surface area contributed by atoms with E-state index in [1.807, 2.05) is 49.0 Å². The highest BCUT2D eigenvalue weighted by Crippen LogP contribution is 2.20. The van der Waals surface area contributed by atoms with Crippen LogP contribution in [0.15, 0.2) is 36.8 Å². The van der Waals surface area contributed by atoms with Crippen LogP contribution in [0.3, 0.4) is 0 Å². The molecule has 0 radical (unpaired) electrons. The first kappa shape index (κ1) is 12.5. The number of nitrogens with one attached hydrogen (secondary N) is 2. The monoisotopic (exact) mass is 268 g/mol. The zero-order valence-corrected chi connectivity index (χ0v) is 11.5. The summed E-state index contributed by atoms with van der Waals surface area (Å²) in [6.07, 6.45) is 3.49. The Labute approximate surface area is 116 Å². The summed E-state index contributed by atoms with van der Waals surface area (Å²) in [6.45, 7) is 2.36. The minimum Gasteiger partial charge on any atom is -0.350 e. The first-order valence-electron chi connectivity index (χ1n) is 6.48. The summed E-state index contributed by atoms with van der Waals surface area (Å²) >= 11 is 0. The van der Waals surface area contributed by atoms with Gasteiger partial charge in [0.25, 0.3) is 5.91 Å². The lowest BCUT2D eigenvalue weighted by Gasteiger charge is -2.03. The van der Waals surface area contributed by atoms with Crippen LogP contribution >= 0.6 is 0 Å². The number of nitrogens with zero attached hydrogens (tertiary/aromatic N) is 2. The highest BCUT2D eigenvalue weighted by molar-refractivity contribution is 6.06. The number of benzene rings is 1. The van der Waals surface area contributed by atoms with E-state index in [2.05, 4.69) is 15.3 Å². The van der Waals surface area contributed by atoms with Crippen molar-refractivity contribution < 1.29 is 4.79 Å². The van der Waals surface area contributed by atoms with E-state index < -0.39 is 0 Å². The predicted octanol–water partition coefficient (Wildman–Crippen LogP) is 2.14. The number of aromatic nitrogens is 3. The van der Waals surface area contributed by atoms with Gasteiger partial charge in [-0.05, 0) is 13.0 Å². The maximum absolute atomic E-state index is 12.3. The van der Waals surface area contributed by atoms with Gasteiger partial charge in [0, 0.05) is 29.8 Å². The molecule has 0 bridgehead atoms. The predicted molar refractivity (Wildman–Crippen MR) is 77.4 cm³/mol. The van der Waals surface area contributed by atoms with Gasteiger partial charge in [0.1, 0.15) is 0 Å². The number of aryl methyl sites for hydroxylation is 2. The normalized spacial score (nSPS) is 10.9. The number of hydrogen-bond acceptors (Lipinski definition) is 2. The van der Waals surface area contributed by atoms with Crippen molar-refractivity contribution in [2.45, 2.75) is 13.5 Å². The molecular formula is C15H16N4O. The molecule has 0 aliphatic heterocycles. The van der Waals surface area contributed by atoms with Crippen molar-refractivity contribution in [1.29, 1.82) is 0 Å². The first-order valence-corrected chi connectivity index (χ1v) is 6.48. The number of fused-ring (bicyclic) bond motifs is 1. The molecule has 2 heterocycles. The molecule has 3 rings (SSSR count). The zero-order valence-electron chi connectivity index (χ0n) is 11.5. The van der Waals surface area contributed by atoms with E-state index >= 15 is 0 Å². The molecule has 0 unspecified atom stereocenters. The van der Waals surface area contributed by atoms with Crippen molar-refractivity contribution in [3.63, 3.8) is 0 Å². The van der Waals surface area contributed by atoms with Crippen LogP contribution in [0.25, 0.3) is 10.9 Å². The Morgan fingerprint density at radius 1 is 1.40 bits per heavy atom. The second-order valence-corrected chi connectivity index (χ2v) is 4.83. The summed E-state index contributed by atoms with van der Waals surface area (Å²) in [5, 5.41) is 3.88. The summed E-state index contributed by atoms with van der Waals surface area (Å²) in [5.74, 6) is -0.0794. The number of hydrogen-bond donors (Lipinski definition) is 2. The Hall–Kier alpha value is -2.56. The molecule has 2 N–H and O–H groups in total. The van der Waals surface area contributed by atoms with Crippen LogP contribution in [0, 0.1) is 6.92 Å². The van der Waals surface area contributed by atoms with Gasteiger partial charge in [-0.15, -0.1) is 0 Å². The molecular weight excluding hydrogens is 252 g/mol. The van der Waals surface area contributed by atoms with Crippen LogP contribution in [-0.2, 0) is 13.6 Å². The average molecular weight is 268 g/mol. The van der Waals surface area contributed by atoms with Crippen LogP contribution in [0.4, 0.5) is 0 Å². The van der Waals surface area contributed by atoms with Gasteiger partial charge in [-0.1, -0.05) is 18.2 Å². The quantitative estimate of drug-likeness (QED) is 0.764. The number of H-pyrrole nitrogens is 1. The number of rotatable bonds is 3. The molecule has 0 atom stereocenters. The van der Waals surface area contributed by atoms with E-state index in [0.29, 0.717) is 12.1 Å². The third-order valence-electron chi connectivity index (χ3n) is 3.49. The number of imidazole rings is 1. The lowest BCUT2D eigenvalue weighted by Crippen LogP contribution is -2.23. The molecule has 20 heavy (non-hydrogen) atoms. The van der Waals surface area contributed by atoms with Gasteiger partial charge in [-0.25, -0.2) is 4.98 Å². The Morgan fingerprint density at radius 2 is 2.20 bits per heavy atom. The molecule has 0 saturated carbocycles. The van der Waals surface area contributed by atoms with Crippen LogP contribution in [0.1, 0.15) is 21.7 Å². The van der Waals surface area contributed by atoms with Gasteiger partial charge in [0.05, 0.1) is 24.1 Å². The van der Waals surface area contributed by atoms with Gasteiger partial charge in [-0.3, -0.25) is 4.79 Å². The van der Waals surface area contributed by atoms with Crippen molar-refractivity contribution in [3.05, 3.63) is 53.7 Å². The van der Waals surface area contributed by atoms with Crippen molar-refractivity contribution >= 4 is 16.8 Å². The SMILES string of the molecule is Cc1[nH]cnc1CNC(=O)c1cn(C)c2ccccc12. The third-order valence-corrected chi connectivity index (χ3v) is 3.49. The Morgan fingerprint density at radius 3 is 2.95 bits per heavy atom. The summed E-state index contributed by atoms with van der Waals surface area (Å²) in [7, 11) is 1.94. The van der Waals surface area contributed by atoms with Gasteiger partial charge in [-0.2, -0.15) is 0 Å². The fraction of sp³-hybridized carbons (Fsp3) is 0.200. The molecule has 0 aliphatic rings. The number of amides is 1. The minimum absolute atomic E-state index is 0.0794. The molecule has 0 spiro atoms. The molecule has 0 fully saturated rings. The lowest BCUT2D eigenvalue weighted by atomic mass is 10.1. The second-order valence-electron chi connectivity index (χ2n) is 4.83. The van der Waals surface area contributed by atoms with E-state index in [1.54, 1.807) is 6.33 Å². The fourth-order valence-electron chi connectivity index (χ4n) is 2.35. The standard InChI is InChI=1S/C15H16N4O/c1-10-13(18-9-17-10)7-16-15(20)12-8-19(2)14-6-4-3-5-11(12)14/h3-6,8-9H,7H2,1-2H3,(H,16,20)(H,17,18). The van der Waals surface area contributed by atoms with E-state index in [-0.39, 0.29) is 5.91 Å². The number of aromatic amines is 1. The maximum Gasteiger partial charge on any atom is 0.253 e. The Balaban J connectivity index is 1.84. The molecule has 102 valence electrons. The molecule has 0 saturated heterocycles. The van der Waals surface area contributed by atoms with E-state index in [4.69, 9.17) is 0 Å². The molecule has 2 aromatic heterocycles. The van der Waals surface area contributed by atoms with Crippen molar-refractivity contribution in [3.8, 4) is 0 Å².